The Kier molecular flexibility index (Phi) is 5.74. The monoisotopic (exact) mass is 407 g/mol. The first-order chi connectivity index (χ1) is 13.2. The molecule has 3 atom stereocenters. The second-order valence-corrected chi connectivity index (χ2v) is 8.92. The number of esters is 1. The number of carbonyl (C=O) groups is 2. The molecule has 1 aromatic rings. The van der Waals surface area contributed by atoms with Crippen molar-refractivity contribution in [3.05, 3.63) is 29.8 Å². The summed E-state index contributed by atoms with van der Waals surface area (Å²) in [6, 6.07) is 5.70. The van der Waals surface area contributed by atoms with Crippen molar-refractivity contribution in [2.24, 2.45) is 10.9 Å². The number of amides is 1. The fourth-order valence-electron chi connectivity index (χ4n) is 2.85. The lowest BCUT2D eigenvalue weighted by molar-refractivity contribution is -0.157. The number of sulfonamides is 1. The van der Waals surface area contributed by atoms with E-state index in [0.29, 0.717) is 12.0 Å². The molecule has 0 aromatic heterocycles. The lowest BCUT2D eigenvalue weighted by Gasteiger charge is -2.21. The van der Waals surface area contributed by atoms with Crippen molar-refractivity contribution in [2.75, 3.05) is 0 Å². The van der Waals surface area contributed by atoms with Gasteiger partial charge in [-0.05, 0) is 37.8 Å². The van der Waals surface area contributed by atoms with Crippen LogP contribution in [0.25, 0.3) is 0 Å². The topological polar surface area (TPSA) is 114 Å². The molecular weight excluding hydrogens is 382 g/mol. The molecule has 0 spiro atoms. The number of fused-ring (bicyclic) bond motifs is 1. The van der Waals surface area contributed by atoms with Crippen molar-refractivity contribution in [2.45, 2.75) is 63.1 Å². The molecule has 3 rings (SSSR count). The Balaban J connectivity index is 1.82. The smallest absolute Gasteiger partial charge is 0.332 e. The van der Waals surface area contributed by atoms with Crippen molar-refractivity contribution in [1.82, 2.24) is 10.0 Å². The molecule has 0 bridgehead atoms. The van der Waals surface area contributed by atoms with E-state index in [9.17, 15) is 18.0 Å². The number of hydrogen-bond acceptors (Lipinski definition) is 6. The van der Waals surface area contributed by atoms with Gasteiger partial charge in [0.25, 0.3) is 15.9 Å². The summed E-state index contributed by atoms with van der Waals surface area (Å²) in [5, 5.41) is 2.79. The summed E-state index contributed by atoms with van der Waals surface area (Å²) >= 11 is 0. The summed E-state index contributed by atoms with van der Waals surface area (Å²) in [5.74, 6) is -1.06. The molecule has 8 nitrogen and oxygen atoms in total. The SMILES string of the molecule is CC[C@H](C)[C@H](N=C1NS(=O)(=O)c2ccccc21)C(=O)O[C@H](C)C(=O)NC1CC1. The first-order valence-electron chi connectivity index (χ1n) is 9.43. The molecule has 1 aliphatic carbocycles. The Hall–Kier alpha value is -2.42. The number of hydrogen-bond donors (Lipinski definition) is 2. The van der Waals surface area contributed by atoms with Crippen LogP contribution >= 0.6 is 0 Å². The molecule has 1 heterocycles. The van der Waals surface area contributed by atoms with Crippen LogP contribution in [0.15, 0.2) is 34.2 Å². The van der Waals surface area contributed by atoms with E-state index in [-0.39, 0.29) is 28.6 Å². The minimum atomic E-state index is -3.70. The van der Waals surface area contributed by atoms with Crippen LogP contribution in [0.3, 0.4) is 0 Å². The molecule has 1 aromatic carbocycles. The maximum absolute atomic E-state index is 12.7. The normalized spacial score (nSPS) is 21.9. The van der Waals surface area contributed by atoms with Gasteiger partial charge in [-0.15, -0.1) is 0 Å². The maximum atomic E-state index is 12.7. The van der Waals surface area contributed by atoms with Crippen molar-refractivity contribution < 1.29 is 22.7 Å². The quantitative estimate of drug-likeness (QED) is 0.662. The number of carbonyl (C=O) groups excluding carboxylic acids is 2. The van der Waals surface area contributed by atoms with E-state index in [1.165, 1.54) is 13.0 Å². The van der Waals surface area contributed by atoms with E-state index < -0.39 is 28.1 Å². The molecule has 1 amide bonds. The summed E-state index contributed by atoms with van der Waals surface area (Å²) in [6.07, 6.45) is 1.57. The Labute approximate surface area is 164 Å². The zero-order valence-corrected chi connectivity index (χ0v) is 17.0. The maximum Gasteiger partial charge on any atom is 0.332 e. The van der Waals surface area contributed by atoms with Gasteiger partial charge in [-0.2, -0.15) is 0 Å². The zero-order valence-electron chi connectivity index (χ0n) is 16.1. The molecule has 152 valence electrons. The van der Waals surface area contributed by atoms with E-state index in [0.717, 1.165) is 12.8 Å². The van der Waals surface area contributed by atoms with Crippen LogP contribution in [-0.4, -0.2) is 44.3 Å². The van der Waals surface area contributed by atoms with E-state index in [1.54, 1.807) is 18.2 Å². The largest absolute Gasteiger partial charge is 0.451 e. The Morgan fingerprint density at radius 1 is 1.29 bits per heavy atom. The average Bonchev–Trinajstić information content (AvgIpc) is 3.43. The van der Waals surface area contributed by atoms with Gasteiger partial charge < -0.3 is 10.1 Å². The Morgan fingerprint density at radius 2 is 1.96 bits per heavy atom. The number of aliphatic imine (C=N–C) groups is 1. The molecule has 28 heavy (non-hydrogen) atoms. The highest BCUT2D eigenvalue weighted by Gasteiger charge is 2.35. The number of nitrogens with one attached hydrogen (secondary N) is 2. The van der Waals surface area contributed by atoms with Crippen molar-refractivity contribution >= 4 is 27.7 Å². The first-order valence-corrected chi connectivity index (χ1v) is 10.9. The van der Waals surface area contributed by atoms with Crippen LogP contribution in [-0.2, 0) is 24.3 Å². The third-order valence-corrected chi connectivity index (χ3v) is 6.34. The van der Waals surface area contributed by atoms with Gasteiger partial charge in [-0.1, -0.05) is 32.4 Å². The van der Waals surface area contributed by atoms with Crippen LogP contribution in [0.4, 0.5) is 0 Å². The van der Waals surface area contributed by atoms with Crippen LogP contribution in [0.1, 0.15) is 45.6 Å². The number of rotatable bonds is 7. The summed E-state index contributed by atoms with van der Waals surface area (Å²) in [5.41, 5.74) is 0.420. The molecule has 9 heteroatoms. The summed E-state index contributed by atoms with van der Waals surface area (Å²) in [7, 11) is -3.70. The van der Waals surface area contributed by atoms with Gasteiger partial charge in [0.05, 0.1) is 4.90 Å². The fourth-order valence-corrected chi connectivity index (χ4v) is 4.09. The minimum absolute atomic E-state index is 0.118. The third-order valence-electron chi connectivity index (χ3n) is 4.94. The van der Waals surface area contributed by atoms with Gasteiger partial charge in [-0.3, -0.25) is 14.5 Å². The molecule has 0 unspecified atom stereocenters. The lowest BCUT2D eigenvalue weighted by Crippen LogP contribution is -2.40. The minimum Gasteiger partial charge on any atom is -0.451 e. The molecule has 1 fully saturated rings. The predicted octanol–water partition coefficient (Wildman–Crippen LogP) is 1.35. The van der Waals surface area contributed by atoms with E-state index >= 15 is 0 Å². The van der Waals surface area contributed by atoms with Gasteiger partial charge >= 0.3 is 5.97 Å². The molecule has 1 saturated carbocycles. The Bertz CT molecular complexity index is 908. The van der Waals surface area contributed by atoms with Crippen molar-refractivity contribution in [3.8, 4) is 0 Å². The van der Waals surface area contributed by atoms with E-state index in [4.69, 9.17) is 4.74 Å². The molecular formula is C19H25N3O5S. The van der Waals surface area contributed by atoms with Gasteiger partial charge in [0.15, 0.2) is 12.1 Å². The zero-order chi connectivity index (χ0) is 20.5. The number of ether oxygens (including phenoxy) is 1. The summed E-state index contributed by atoms with van der Waals surface area (Å²) in [6.45, 7) is 5.26. The van der Waals surface area contributed by atoms with Crippen LogP contribution in [0.5, 0.6) is 0 Å². The first kappa shape index (κ1) is 20.3. The van der Waals surface area contributed by atoms with Crippen molar-refractivity contribution in [1.29, 1.82) is 0 Å². The van der Waals surface area contributed by atoms with Gasteiger partial charge in [-0.25, -0.2) is 13.2 Å². The van der Waals surface area contributed by atoms with E-state index in [2.05, 4.69) is 15.0 Å². The van der Waals surface area contributed by atoms with Crippen LogP contribution < -0.4 is 10.0 Å². The van der Waals surface area contributed by atoms with Crippen LogP contribution in [0, 0.1) is 5.92 Å². The second kappa shape index (κ2) is 7.90. The molecule has 0 radical (unpaired) electrons. The van der Waals surface area contributed by atoms with E-state index in [1.807, 2.05) is 13.8 Å². The summed E-state index contributed by atoms with van der Waals surface area (Å²) in [4.78, 5) is 29.3. The lowest BCUT2D eigenvalue weighted by atomic mass is 9.99. The summed E-state index contributed by atoms with van der Waals surface area (Å²) < 4.78 is 32.3. The third kappa shape index (κ3) is 4.35. The molecule has 2 aliphatic rings. The van der Waals surface area contributed by atoms with Crippen LogP contribution in [0.2, 0.25) is 0 Å². The number of amidine groups is 1. The standard InChI is InChI=1S/C19H25N3O5S/c1-4-11(2)16(19(24)27-12(3)18(23)20-13-9-10-13)21-17-14-7-5-6-8-15(14)28(25,26)22-17/h5-8,11-13,16H,4,9-10H2,1-3H3,(H,20,23)(H,21,22)/t11-,12+,16-/m0/s1. The highest BCUT2D eigenvalue weighted by molar-refractivity contribution is 7.90. The van der Waals surface area contributed by atoms with Gasteiger partial charge in [0.1, 0.15) is 5.84 Å². The average molecular weight is 407 g/mol. The predicted molar refractivity (Wildman–Crippen MR) is 103 cm³/mol. The number of benzene rings is 1. The van der Waals surface area contributed by atoms with Gasteiger partial charge in [0.2, 0.25) is 0 Å². The molecule has 2 N–H and O–H groups in total. The van der Waals surface area contributed by atoms with Crippen molar-refractivity contribution in [3.63, 3.8) is 0 Å². The molecule has 0 saturated heterocycles. The highest BCUT2D eigenvalue weighted by Crippen LogP contribution is 2.24. The Morgan fingerprint density at radius 3 is 2.61 bits per heavy atom. The number of nitrogens with zero attached hydrogens (tertiary/aromatic N) is 1. The highest BCUT2D eigenvalue weighted by atomic mass is 32.2. The van der Waals surface area contributed by atoms with Gasteiger partial charge in [0, 0.05) is 11.6 Å². The molecule has 1 aliphatic heterocycles. The fraction of sp³-hybridized carbons (Fsp3) is 0.526. The second-order valence-electron chi connectivity index (χ2n) is 7.27.